The van der Waals surface area contributed by atoms with Crippen molar-refractivity contribution in [3.8, 4) is 28.6 Å². The molecule has 0 aliphatic carbocycles. The summed E-state index contributed by atoms with van der Waals surface area (Å²) in [7, 11) is 0. The van der Waals surface area contributed by atoms with E-state index >= 15 is 0 Å². The molecule has 4 rings (SSSR count). The summed E-state index contributed by atoms with van der Waals surface area (Å²) in [5.41, 5.74) is 2.37. The van der Waals surface area contributed by atoms with E-state index in [-0.39, 0.29) is 11.5 Å². The number of fused-ring (bicyclic) bond motifs is 5. The van der Waals surface area contributed by atoms with Gasteiger partial charge in [-0.05, 0) is 40.2 Å². The van der Waals surface area contributed by atoms with Crippen LogP contribution in [0.5, 0.6) is 17.2 Å². The van der Waals surface area contributed by atoms with Crippen LogP contribution < -0.4 is 4.74 Å². The number of furan rings is 1. The van der Waals surface area contributed by atoms with Gasteiger partial charge < -0.3 is 19.4 Å². The molecule has 2 N–H and O–H groups in total. The lowest BCUT2D eigenvalue weighted by molar-refractivity contribution is 0.298. The fourth-order valence-corrected chi connectivity index (χ4v) is 3.14. The van der Waals surface area contributed by atoms with E-state index in [1.807, 2.05) is 0 Å². The zero-order valence-electron chi connectivity index (χ0n) is 10.2. The van der Waals surface area contributed by atoms with Crippen LogP contribution in [-0.4, -0.2) is 10.2 Å². The van der Waals surface area contributed by atoms with Gasteiger partial charge in [-0.3, -0.25) is 0 Å². The zero-order chi connectivity index (χ0) is 13.9. The molecular weight excluding hydrogens is 324 g/mol. The molecule has 1 aromatic heterocycles. The van der Waals surface area contributed by atoms with Gasteiger partial charge in [0.1, 0.15) is 35.2 Å². The maximum absolute atomic E-state index is 9.62. The monoisotopic (exact) mass is 332 g/mol. The first kappa shape index (κ1) is 11.7. The molecule has 4 nitrogen and oxygen atoms in total. The highest BCUT2D eigenvalue weighted by atomic mass is 79.9. The Labute approximate surface area is 122 Å². The molecule has 0 bridgehead atoms. The molecule has 100 valence electrons. The van der Waals surface area contributed by atoms with E-state index in [1.54, 1.807) is 30.3 Å². The number of halogens is 1. The molecule has 0 saturated heterocycles. The Bertz CT molecular complexity index is 851. The summed E-state index contributed by atoms with van der Waals surface area (Å²) >= 11 is 3.43. The highest BCUT2D eigenvalue weighted by Gasteiger charge is 2.27. The molecule has 0 unspecified atom stereocenters. The van der Waals surface area contributed by atoms with Crippen LogP contribution in [0.15, 0.2) is 39.2 Å². The van der Waals surface area contributed by atoms with Crippen molar-refractivity contribution in [2.45, 2.75) is 6.61 Å². The fourth-order valence-electron chi connectivity index (χ4n) is 2.53. The normalized spacial score (nSPS) is 12.8. The maximum Gasteiger partial charge on any atom is 0.146 e. The van der Waals surface area contributed by atoms with E-state index in [2.05, 4.69) is 15.9 Å². The van der Waals surface area contributed by atoms with Gasteiger partial charge in [-0.25, -0.2) is 0 Å². The van der Waals surface area contributed by atoms with Crippen LogP contribution in [0.4, 0.5) is 0 Å². The van der Waals surface area contributed by atoms with E-state index in [4.69, 9.17) is 9.15 Å². The summed E-state index contributed by atoms with van der Waals surface area (Å²) in [6.45, 7) is 0.342. The number of ether oxygens (including phenoxy) is 1. The number of phenolic OH excluding ortho intramolecular Hbond substituents is 2. The average Bonchev–Trinajstić information content (AvgIpc) is 2.75. The Hall–Kier alpha value is -2.14. The number of benzene rings is 2. The third-order valence-corrected chi connectivity index (χ3v) is 4.04. The first-order valence-corrected chi connectivity index (χ1v) is 6.83. The largest absolute Gasteiger partial charge is 0.508 e. The minimum absolute atomic E-state index is 0.132. The molecular formula is C15H9BrO4. The van der Waals surface area contributed by atoms with Crippen molar-refractivity contribution in [2.75, 3.05) is 0 Å². The van der Waals surface area contributed by atoms with Crippen LogP contribution in [0.2, 0.25) is 0 Å². The third kappa shape index (κ3) is 1.53. The van der Waals surface area contributed by atoms with Crippen molar-refractivity contribution < 1.29 is 19.4 Å². The molecule has 2 heterocycles. The molecule has 1 aliphatic rings. The van der Waals surface area contributed by atoms with Gasteiger partial charge in [-0.2, -0.15) is 0 Å². The molecule has 0 fully saturated rings. The summed E-state index contributed by atoms with van der Waals surface area (Å²) in [4.78, 5) is 0. The first-order chi connectivity index (χ1) is 9.63. The number of phenols is 2. The van der Waals surface area contributed by atoms with Gasteiger partial charge in [0.05, 0.1) is 5.56 Å². The predicted octanol–water partition coefficient (Wildman–Crippen LogP) is 4.17. The average molecular weight is 333 g/mol. The van der Waals surface area contributed by atoms with Crippen molar-refractivity contribution in [1.29, 1.82) is 0 Å². The summed E-state index contributed by atoms with van der Waals surface area (Å²) in [6.07, 6.45) is 0. The predicted molar refractivity (Wildman–Crippen MR) is 77.0 cm³/mol. The van der Waals surface area contributed by atoms with Crippen LogP contribution >= 0.6 is 15.9 Å². The Kier molecular flexibility index (Phi) is 2.29. The van der Waals surface area contributed by atoms with E-state index in [9.17, 15) is 10.2 Å². The van der Waals surface area contributed by atoms with Gasteiger partial charge in [-0.15, -0.1) is 0 Å². The van der Waals surface area contributed by atoms with Crippen molar-refractivity contribution in [3.05, 3.63) is 40.4 Å². The maximum atomic E-state index is 9.62. The lowest BCUT2D eigenvalue weighted by Gasteiger charge is -2.18. The van der Waals surface area contributed by atoms with Crippen molar-refractivity contribution in [2.24, 2.45) is 0 Å². The number of hydrogen-bond acceptors (Lipinski definition) is 4. The quantitative estimate of drug-likeness (QED) is 0.648. The standard InChI is InChI=1S/C15H9BrO4/c16-11-4-8(18)5-13-14(11)15-10(6-19-13)9-3-7(17)1-2-12(9)20-15/h1-5,17-18H,6H2. The lowest BCUT2D eigenvalue weighted by Crippen LogP contribution is -2.04. The molecule has 0 saturated carbocycles. The zero-order valence-corrected chi connectivity index (χ0v) is 11.8. The number of aromatic hydroxyl groups is 2. The van der Waals surface area contributed by atoms with Gasteiger partial charge in [-0.1, -0.05) is 0 Å². The second-order valence-corrected chi connectivity index (χ2v) is 5.53. The molecule has 0 amide bonds. The molecule has 0 atom stereocenters. The molecule has 1 aliphatic heterocycles. The molecule has 0 spiro atoms. The van der Waals surface area contributed by atoms with E-state index in [1.165, 1.54) is 0 Å². The van der Waals surface area contributed by atoms with E-state index in [0.29, 0.717) is 28.2 Å². The van der Waals surface area contributed by atoms with Crippen LogP contribution in [0.25, 0.3) is 22.3 Å². The molecule has 0 radical (unpaired) electrons. The summed E-state index contributed by atoms with van der Waals surface area (Å²) in [6, 6.07) is 8.15. The van der Waals surface area contributed by atoms with Gasteiger partial charge in [0.25, 0.3) is 0 Å². The van der Waals surface area contributed by atoms with Crippen LogP contribution in [0.1, 0.15) is 5.56 Å². The van der Waals surface area contributed by atoms with Crippen LogP contribution in [-0.2, 0) is 6.61 Å². The topological polar surface area (TPSA) is 62.8 Å². The molecule has 3 aromatic rings. The Morgan fingerprint density at radius 3 is 2.75 bits per heavy atom. The summed E-state index contributed by atoms with van der Waals surface area (Å²) in [5, 5.41) is 20.1. The molecule has 5 heteroatoms. The van der Waals surface area contributed by atoms with Gasteiger partial charge in [0.15, 0.2) is 0 Å². The first-order valence-electron chi connectivity index (χ1n) is 6.03. The van der Waals surface area contributed by atoms with E-state index in [0.717, 1.165) is 16.5 Å². The fraction of sp³-hybridized carbons (Fsp3) is 0.0667. The second-order valence-electron chi connectivity index (χ2n) is 4.68. The smallest absolute Gasteiger partial charge is 0.146 e. The number of hydrogen-bond donors (Lipinski definition) is 2. The van der Waals surface area contributed by atoms with Crippen LogP contribution in [0, 0.1) is 0 Å². The second kappa shape index (κ2) is 3.93. The lowest BCUT2D eigenvalue weighted by atomic mass is 10.0. The van der Waals surface area contributed by atoms with Gasteiger partial charge >= 0.3 is 0 Å². The SMILES string of the molecule is Oc1cc(Br)c2c(c1)OCc1c-2oc2ccc(O)cc12. The Morgan fingerprint density at radius 1 is 1.05 bits per heavy atom. The van der Waals surface area contributed by atoms with Crippen molar-refractivity contribution in [1.82, 2.24) is 0 Å². The highest BCUT2D eigenvalue weighted by molar-refractivity contribution is 9.10. The minimum Gasteiger partial charge on any atom is -0.508 e. The summed E-state index contributed by atoms with van der Waals surface area (Å²) < 4.78 is 12.3. The Balaban J connectivity index is 2.08. The van der Waals surface area contributed by atoms with Crippen molar-refractivity contribution >= 4 is 26.9 Å². The molecule has 20 heavy (non-hydrogen) atoms. The third-order valence-electron chi connectivity index (χ3n) is 3.41. The Morgan fingerprint density at radius 2 is 1.90 bits per heavy atom. The minimum atomic E-state index is 0.132. The van der Waals surface area contributed by atoms with Crippen molar-refractivity contribution in [3.63, 3.8) is 0 Å². The van der Waals surface area contributed by atoms with Crippen LogP contribution in [0.3, 0.4) is 0 Å². The molecule has 2 aromatic carbocycles. The van der Waals surface area contributed by atoms with Gasteiger partial charge in [0, 0.05) is 21.5 Å². The van der Waals surface area contributed by atoms with E-state index < -0.39 is 0 Å². The van der Waals surface area contributed by atoms with Gasteiger partial charge in [0.2, 0.25) is 0 Å². The number of rotatable bonds is 0. The highest BCUT2D eigenvalue weighted by Crippen LogP contribution is 2.47. The summed E-state index contributed by atoms with van der Waals surface area (Å²) in [5.74, 6) is 1.61.